The largest absolute Gasteiger partial charge is 0.491 e. The molecule has 2 aromatic rings. The topological polar surface area (TPSA) is 94.2 Å². The molecule has 2 heterocycles. The zero-order chi connectivity index (χ0) is 26.9. The van der Waals surface area contributed by atoms with Crippen LogP contribution in [-0.4, -0.2) is 93.0 Å². The third-order valence-corrected chi connectivity index (χ3v) is 7.01. The number of piperazine rings is 1. The lowest BCUT2D eigenvalue weighted by molar-refractivity contribution is -0.133. The van der Waals surface area contributed by atoms with E-state index < -0.39 is 0 Å². The number of benzene rings is 2. The number of nitrogens with one attached hydrogen (secondary N) is 2. The zero-order valence-electron chi connectivity index (χ0n) is 22.9. The fourth-order valence-electron chi connectivity index (χ4n) is 4.86. The van der Waals surface area contributed by atoms with Crippen molar-refractivity contribution in [3.63, 3.8) is 0 Å². The van der Waals surface area contributed by atoms with Crippen molar-refractivity contribution < 1.29 is 19.1 Å². The van der Waals surface area contributed by atoms with E-state index in [1.807, 2.05) is 13.0 Å². The normalized spacial score (nSPS) is 17.9. The third-order valence-electron chi connectivity index (χ3n) is 7.01. The number of halogens is 1. The molecule has 10 heteroatoms. The van der Waals surface area contributed by atoms with Crippen molar-refractivity contribution in [3.8, 4) is 5.75 Å². The fraction of sp³-hybridized carbons (Fsp3) is 0.483. The Morgan fingerprint density at radius 1 is 0.897 bits per heavy atom. The van der Waals surface area contributed by atoms with Gasteiger partial charge in [0.05, 0.1) is 18.7 Å². The molecule has 4 rings (SSSR count). The molecule has 0 atom stereocenters. The minimum atomic E-state index is -0.234. The van der Waals surface area contributed by atoms with E-state index in [2.05, 4.69) is 51.6 Å². The van der Waals surface area contributed by atoms with Gasteiger partial charge in [-0.1, -0.05) is 23.8 Å². The van der Waals surface area contributed by atoms with E-state index in [9.17, 15) is 14.4 Å². The molecule has 2 aliphatic rings. The maximum absolute atomic E-state index is 13.3. The Hall–Kier alpha value is -3.30. The van der Waals surface area contributed by atoms with Crippen LogP contribution in [0.5, 0.6) is 5.75 Å². The van der Waals surface area contributed by atoms with E-state index in [1.165, 1.54) is 11.3 Å². The predicted molar refractivity (Wildman–Crippen MR) is 155 cm³/mol. The van der Waals surface area contributed by atoms with Gasteiger partial charge in [-0.15, -0.1) is 12.4 Å². The van der Waals surface area contributed by atoms with E-state index >= 15 is 0 Å². The highest BCUT2D eigenvalue weighted by atomic mass is 35.5. The van der Waals surface area contributed by atoms with Crippen molar-refractivity contribution in [3.05, 3.63) is 59.2 Å². The molecule has 0 bridgehead atoms. The highest BCUT2D eigenvalue weighted by Crippen LogP contribution is 2.20. The van der Waals surface area contributed by atoms with E-state index in [4.69, 9.17) is 4.74 Å². The van der Waals surface area contributed by atoms with Crippen molar-refractivity contribution in [2.24, 2.45) is 0 Å². The van der Waals surface area contributed by atoms with Crippen LogP contribution in [0.2, 0.25) is 0 Å². The van der Waals surface area contributed by atoms with Gasteiger partial charge in [0.2, 0.25) is 11.8 Å². The molecule has 39 heavy (non-hydrogen) atoms. The van der Waals surface area contributed by atoms with Crippen molar-refractivity contribution >= 4 is 35.8 Å². The van der Waals surface area contributed by atoms with Gasteiger partial charge >= 0.3 is 0 Å². The average molecular weight is 558 g/mol. The van der Waals surface area contributed by atoms with Gasteiger partial charge in [-0.2, -0.15) is 0 Å². The number of nitrogens with zero attached hydrogens (tertiary/aromatic N) is 3. The highest BCUT2D eigenvalue weighted by Gasteiger charge is 2.23. The Labute approximate surface area is 237 Å². The summed E-state index contributed by atoms with van der Waals surface area (Å²) in [4.78, 5) is 44.8. The Bertz CT molecular complexity index is 1140. The van der Waals surface area contributed by atoms with Crippen LogP contribution in [0.1, 0.15) is 34.3 Å². The van der Waals surface area contributed by atoms with E-state index in [0.29, 0.717) is 56.9 Å². The predicted octanol–water partition coefficient (Wildman–Crippen LogP) is 2.39. The number of aryl methyl sites for hydroxylation is 2. The van der Waals surface area contributed by atoms with Crippen LogP contribution in [0.25, 0.3) is 0 Å². The molecule has 0 radical (unpaired) electrons. The number of anilines is 1. The number of amides is 3. The minimum absolute atomic E-state index is 0. The summed E-state index contributed by atoms with van der Waals surface area (Å²) >= 11 is 0. The number of fused-ring (bicyclic) bond motifs is 1. The second kappa shape index (κ2) is 14.7. The SMILES string of the molecule is Cc1cccc(N2CCN(CC(=O)N3CCCC(=O)NCCOc4ccc(C)cc4C(=O)NCC3)CC2)c1.Cl. The maximum Gasteiger partial charge on any atom is 0.255 e. The monoisotopic (exact) mass is 557 g/mol. The lowest BCUT2D eigenvalue weighted by atomic mass is 10.1. The molecule has 2 N–H and O–H groups in total. The van der Waals surface area contributed by atoms with Crippen LogP contribution >= 0.6 is 12.4 Å². The van der Waals surface area contributed by atoms with E-state index in [1.54, 1.807) is 17.0 Å². The first-order chi connectivity index (χ1) is 18.4. The van der Waals surface area contributed by atoms with Crippen LogP contribution in [0.3, 0.4) is 0 Å². The fourth-order valence-corrected chi connectivity index (χ4v) is 4.86. The number of carbonyl (C=O) groups is 3. The van der Waals surface area contributed by atoms with Crippen LogP contribution in [0.15, 0.2) is 42.5 Å². The summed E-state index contributed by atoms with van der Waals surface area (Å²) in [6, 6.07) is 14.0. The summed E-state index contributed by atoms with van der Waals surface area (Å²) in [6.45, 7) is 9.51. The van der Waals surface area contributed by atoms with Gasteiger partial charge in [0.25, 0.3) is 5.91 Å². The Kier molecular flexibility index (Phi) is 11.4. The summed E-state index contributed by atoms with van der Waals surface area (Å²) in [5.74, 6) is 0.200. The van der Waals surface area contributed by atoms with Crippen LogP contribution in [0.4, 0.5) is 5.69 Å². The Balaban J connectivity index is 0.00000420. The van der Waals surface area contributed by atoms with Crippen LogP contribution in [-0.2, 0) is 9.59 Å². The van der Waals surface area contributed by atoms with Gasteiger partial charge in [-0.25, -0.2) is 0 Å². The first kappa shape index (κ1) is 30.2. The first-order valence-electron chi connectivity index (χ1n) is 13.5. The van der Waals surface area contributed by atoms with Gasteiger partial charge < -0.3 is 25.2 Å². The van der Waals surface area contributed by atoms with Crippen molar-refractivity contribution in [1.29, 1.82) is 0 Å². The molecule has 0 unspecified atom stereocenters. The number of carbonyl (C=O) groups excluding carboxylic acids is 3. The number of hydrogen-bond donors (Lipinski definition) is 2. The molecular weight excluding hydrogens is 518 g/mol. The zero-order valence-corrected chi connectivity index (χ0v) is 23.7. The van der Waals surface area contributed by atoms with Gasteiger partial charge in [-0.05, 0) is 50.1 Å². The molecule has 1 fully saturated rings. The molecule has 0 aromatic heterocycles. The molecular formula is C29H40ClN5O4. The van der Waals surface area contributed by atoms with Gasteiger partial charge in [0, 0.05) is 57.9 Å². The van der Waals surface area contributed by atoms with E-state index in [-0.39, 0.29) is 36.7 Å². The number of hydrogen-bond acceptors (Lipinski definition) is 6. The standard InChI is InChI=1S/C29H39N5O4.ClH/c1-22-5-3-6-24(19-22)33-16-14-32(15-17-33)21-28(36)34-12-4-7-27(35)30-11-18-38-26-9-8-23(2)20-25(26)29(37)31-10-13-34;/h3,5-6,8-9,19-20H,4,7,10-18,21H2,1-2H3,(H,30,35)(H,31,37);1H. The first-order valence-corrected chi connectivity index (χ1v) is 13.5. The summed E-state index contributed by atoms with van der Waals surface area (Å²) in [6.07, 6.45) is 0.897. The van der Waals surface area contributed by atoms with E-state index in [0.717, 1.165) is 31.7 Å². The smallest absolute Gasteiger partial charge is 0.255 e. The number of ether oxygens (including phenoxy) is 1. The van der Waals surface area contributed by atoms with Gasteiger partial charge in [0.15, 0.2) is 0 Å². The molecule has 0 aliphatic carbocycles. The summed E-state index contributed by atoms with van der Waals surface area (Å²) in [5, 5.41) is 5.80. The minimum Gasteiger partial charge on any atom is -0.491 e. The van der Waals surface area contributed by atoms with Crippen molar-refractivity contribution in [2.75, 3.05) is 70.4 Å². The van der Waals surface area contributed by atoms with Gasteiger partial charge in [-0.3, -0.25) is 19.3 Å². The highest BCUT2D eigenvalue weighted by molar-refractivity contribution is 5.97. The number of rotatable bonds is 3. The summed E-state index contributed by atoms with van der Waals surface area (Å²) in [5.41, 5.74) is 3.87. The Morgan fingerprint density at radius 3 is 2.44 bits per heavy atom. The van der Waals surface area contributed by atoms with Crippen molar-refractivity contribution in [1.82, 2.24) is 20.4 Å². The average Bonchev–Trinajstić information content (AvgIpc) is 2.91. The second-order valence-corrected chi connectivity index (χ2v) is 10.0. The van der Waals surface area contributed by atoms with Crippen LogP contribution < -0.4 is 20.3 Å². The molecule has 9 nitrogen and oxygen atoms in total. The lowest BCUT2D eigenvalue weighted by Crippen LogP contribution is -2.51. The molecule has 0 saturated carbocycles. The molecule has 1 saturated heterocycles. The third kappa shape index (κ3) is 8.86. The molecule has 3 amide bonds. The summed E-state index contributed by atoms with van der Waals surface area (Å²) in [7, 11) is 0. The quantitative estimate of drug-likeness (QED) is 0.602. The lowest BCUT2D eigenvalue weighted by Gasteiger charge is -2.36. The molecule has 2 aliphatic heterocycles. The Morgan fingerprint density at radius 2 is 1.67 bits per heavy atom. The molecule has 0 spiro atoms. The summed E-state index contributed by atoms with van der Waals surface area (Å²) < 4.78 is 5.77. The van der Waals surface area contributed by atoms with Crippen molar-refractivity contribution in [2.45, 2.75) is 26.7 Å². The van der Waals surface area contributed by atoms with Crippen LogP contribution in [0, 0.1) is 13.8 Å². The van der Waals surface area contributed by atoms with Gasteiger partial charge in [0.1, 0.15) is 12.4 Å². The molecule has 2 aromatic carbocycles. The maximum atomic E-state index is 13.3. The second-order valence-electron chi connectivity index (χ2n) is 10.0. The molecule has 212 valence electrons.